The van der Waals surface area contributed by atoms with E-state index in [-0.39, 0.29) is 0 Å². The second kappa shape index (κ2) is 12.6. The maximum absolute atomic E-state index is 6.69. The maximum atomic E-state index is 6.69. The third-order valence-electron chi connectivity index (χ3n) is 10.9. The van der Waals surface area contributed by atoms with Gasteiger partial charge in [0.1, 0.15) is 16.7 Å². The lowest BCUT2D eigenvalue weighted by Gasteiger charge is -2.27. The number of rotatable bonds is 6. The van der Waals surface area contributed by atoms with Crippen LogP contribution in [-0.4, -0.2) is 0 Å². The highest BCUT2D eigenvalue weighted by atomic mass is 16.3. The van der Waals surface area contributed by atoms with Crippen LogP contribution < -0.4 is 4.90 Å². The Kier molecular flexibility index (Phi) is 7.17. The summed E-state index contributed by atoms with van der Waals surface area (Å²) in [5.41, 5.74) is 13.2. The lowest BCUT2D eigenvalue weighted by atomic mass is 9.92. The molecule has 11 rings (SSSR count). The monoisotopic (exact) mass is 703 g/mol. The Morgan fingerprint density at radius 1 is 0.309 bits per heavy atom. The molecule has 0 saturated carbocycles. The van der Waals surface area contributed by atoms with Crippen molar-refractivity contribution in [3.05, 3.63) is 200 Å². The fourth-order valence-corrected chi connectivity index (χ4v) is 8.33. The first kappa shape index (κ1) is 31.2. The summed E-state index contributed by atoms with van der Waals surface area (Å²) in [6, 6.07) is 70.9. The minimum absolute atomic E-state index is 0.843. The van der Waals surface area contributed by atoms with E-state index in [1.54, 1.807) is 0 Å². The fraction of sp³-hybridized carbons (Fsp3) is 0. The Hall–Kier alpha value is -7.36. The minimum Gasteiger partial charge on any atom is -0.455 e. The maximum Gasteiger partial charge on any atom is 0.159 e. The van der Waals surface area contributed by atoms with Crippen LogP contribution in [0.1, 0.15) is 0 Å². The van der Waals surface area contributed by atoms with Gasteiger partial charge in [-0.2, -0.15) is 0 Å². The van der Waals surface area contributed by atoms with E-state index in [0.29, 0.717) is 0 Å². The van der Waals surface area contributed by atoms with Crippen LogP contribution in [0.4, 0.5) is 17.1 Å². The molecule has 258 valence electrons. The lowest BCUT2D eigenvalue weighted by Crippen LogP contribution is -2.10. The van der Waals surface area contributed by atoms with Crippen molar-refractivity contribution in [2.75, 3.05) is 4.90 Å². The van der Waals surface area contributed by atoms with Crippen molar-refractivity contribution in [1.82, 2.24) is 0 Å². The Morgan fingerprint density at radius 3 is 1.64 bits per heavy atom. The first-order valence-corrected chi connectivity index (χ1v) is 18.7. The Balaban J connectivity index is 1.16. The third kappa shape index (κ3) is 5.13. The normalized spacial score (nSPS) is 11.6. The first-order valence-electron chi connectivity index (χ1n) is 18.7. The summed E-state index contributed by atoms with van der Waals surface area (Å²) in [5, 5.41) is 6.86. The van der Waals surface area contributed by atoms with Gasteiger partial charge in [-0.1, -0.05) is 158 Å². The second-order valence-corrected chi connectivity index (χ2v) is 14.0. The summed E-state index contributed by atoms with van der Waals surface area (Å²) in [5.74, 6) is 0. The van der Waals surface area contributed by atoms with Gasteiger partial charge in [-0.15, -0.1) is 0 Å². The van der Waals surface area contributed by atoms with Crippen molar-refractivity contribution < 1.29 is 8.83 Å². The predicted octanol–water partition coefficient (Wildman–Crippen LogP) is 15.1. The molecule has 0 aliphatic rings. The van der Waals surface area contributed by atoms with Crippen LogP contribution >= 0.6 is 0 Å². The number of furan rings is 2. The lowest BCUT2D eigenvalue weighted by molar-refractivity contribution is 0.669. The van der Waals surface area contributed by atoms with Crippen molar-refractivity contribution in [3.63, 3.8) is 0 Å². The van der Waals surface area contributed by atoms with Crippen LogP contribution in [0.2, 0.25) is 0 Å². The number of hydrogen-bond acceptors (Lipinski definition) is 3. The van der Waals surface area contributed by atoms with Crippen LogP contribution in [-0.2, 0) is 0 Å². The molecule has 0 radical (unpaired) electrons. The van der Waals surface area contributed by atoms with Gasteiger partial charge >= 0.3 is 0 Å². The topological polar surface area (TPSA) is 29.5 Å². The van der Waals surface area contributed by atoms with Gasteiger partial charge in [-0.3, -0.25) is 0 Å². The molecule has 11 aromatic rings. The largest absolute Gasteiger partial charge is 0.455 e. The van der Waals surface area contributed by atoms with E-state index in [2.05, 4.69) is 181 Å². The fourth-order valence-electron chi connectivity index (χ4n) is 8.33. The third-order valence-corrected chi connectivity index (χ3v) is 10.9. The summed E-state index contributed by atoms with van der Waals surface area (Å²) >= 11 is 0. The molecule has 9 aromatic carbocycles. The molecule has 0 unspecified atom stereocenters. The number of para-hydroxylation sites is 4. The van der Waals surface area contributed by atoms with Crippen molar-refractivity contribution in [1.29, 1.82) is 0 Å². The van der Waals surface area contributed by atoms with Crippen LogP contribution in [0, 0.1) is 0 Å². The van der Waals surface area contributed by atoms with E-state index in [0.717, 1.165) is 83.2 Å². The average molecular weight is 704 g/mol. The molecule has 0 bridgehead atoms. The molecule has 0 atom stereocenters. The number of hydrogen-bond donors (Lipinski definition) is 0. The summed E-state index contributed by atoms with van der Waals surface area (Å²) in [6.07, 6.45) is 0. The van der Waals surface area contributed by atoms with Gasteiger partial charge in [0, 0.05) is 38.5 Å². The zero-order valence-electron chi connectivity index (χ0n) is 29.8. The number of nitrogens with zero attached hydrogens (tertiary/aromatic N) is 1. The molecule has 0 aliphatic carbocycles. The van der Waals surface area contributed by atoms with Crippen LogP contribution in [0.25, 0.3) is 88.0 Å². The second-order valence-electron chi connectivity index (χ2n) is 14.0. The highest BCUT2D eigenvalue weighted by molar-refractivity contribution is 6.12. The van der Waals surface area contributed by atoms with Crippen molar-refractivity contribution in [2.45, 2.75) is 0 Å². The van der Waals surface area contributed by atoms with Gasteiger partial charge in [0.25, 0.3) is 0 Å². The number of fused-ring (bicyclic) bond motifs is 7. The summed E-state index contributed by atoms with van der Waals surface area (Å²) < 4.78 is 13.3. The predicted molar refractivity (Wildman–Crippen MR) is 229 cm³/mol. The van der Waals surface area contributed by atoms with Gasteiger partial charge in [0.2, 0.25) is 0 Å². The van der Waals surface area contributed by atoms with E-state index in [1.807, 2.05) is 24.3 Å². The first-order chi connectivity index (χ1) is 27.3. The molecule has 3 heteroatoms. The summed E-state index contributed by atoms with van der Waals surface area (Å²) in [6.45, 7) is 0. The highest BCUT2D eigenvalue weighted by Crippen LogP contribution is 2.46. The zero-order chi connectivity index (χ0) is 36.3. The van der Waals surface area contributed by atoms with Gasteiger partial charge in [-0.25, -0.2) is 0 Å². The van der Waals surface area contributed by atoms with E-state index in [1.165, 1.54) is 21.9 Å². The summed E-state index contributed by atoms with van der Waals surface area (Å²) in [4.78, 5) is 2.33. The van der Waals surface area contributed by atoms with E-state index >= 15 is 0 Å². The number of benzene rings is 9. The molecular formula is C52H33NO2. The van der Waals surface area contributed by atoms with Gasteiger partial charge < -0.3 is 13.7 Å². The van der Waals surface area contributed by atoms with Gasteiger partial charge in [0.15, 0.2) is 5.58 Å². The average Bonchev–Trinajstić information content (AvgIpc) is 3.83. The summed E-state index contributed by atoms with van der Waals surface area (Å²) in [7, 11) is 0. The van der Waals surface area contributed by atoms with E-state index in [9.17, 15) is 0 Å². The molecule has 2 heterocycles. The molecule has 0 saturated heterocycles. The highest BCUT2D eigenvalue weighted by Gasteiger charge is 2.22. The zero-order valence-corrected chi connectivity index (χ0v) is 29.8. The smallest absolute Gasteiger partial charge is 0.159 e. The van der Waals surface area contributed by atoms with E-state index < -0.39 is 0 Å². The van der Waals surface area contributed by atoms with Gasteiger partial charge in [-0.05, 0) is 81.1 Å². The van der Waals surface area contributed by atoms with Crippen molar-refractivity contribution in [3.8, 4) is 33.4 Å². The molecule has 0 spiro atoms. The van der Waals surface area contributed by atoms with Crippen molar-refractivity contribution in [2.24, 2.45) is 0 Å². The molecule has 0 N–H and O–H groups in total. The Labute approximate surface area is 317 Å². The standard InChI is InChI=1S/C52H33NO2/c1-2-13-34(14-3-1)41-32-31-38(33-47(41)46-22-11-21-44-42-18-6-8-25-49(42)54-51(44)46)53(48-24-12-23-45-43-19-7-9-26-50(43)55-52(45)48)37-29-27-36(28-30-37)40-20-10-16-35-15-4-5-17-39(35)40/h1-33H. The molecular weight excluding hydrogens is 671 g/mol. The van der Waals surface area contributed by atoms with Crippen LogP contribution in [0.3, 0.4) is 0 Å². The molecule has 0 amide bonds. The Bertz CT molecular complexity index is 3200. The van der Waals surface area contributed by atoms with Gasteiger partial charge in [0.05, 0.1) is 5.69 Å². The quantitative estimate of drug-likeness (QED) is 0.173. The van der Waals surface area contributed by atoms with Crippen LogP contribution in [0.15, 0.2) is 209 Å². The van der Waals surface area contributed by atoms with Crippen molar-refractivity contribution >= 4 is 71.7 Å². The molecule has 3 nitrogen and oxygen atoms in total. The molecule has 0 fully saturated rings. The Morgan fingerprint density at radius 2 is 0.855 bits per heavy atom. The molecule has 2 aromatic heterocycles. The minimum atomic E-state index is 0.843. The SMILES string of the molecule is c1ccc(-c2ccc(N(c3ccc(-c4cccc5ccccc45)cc3)c3cccc4c3oc3ccccc34)cc2-c2cccc3c2oc2ccccc23)cc1. The van der Waals surface area contributed by atoms with E-state index in [4.69, 9.17) is 8.83 Å². The molecule has 55 heavy (non-hydrogen) atoms. The van der Waals surface area contributed by atoms with Crippen LogP contribution in [0.5, 0.6) is 0 Å². The molecule has 0 aliphatic heterocycles. The number of anilines is 3.